The predicted molar refractivity (Wildman–Crippen MR) is 109 cm³/mol. The van der Waals surface area contributed by atoms with Crippen LogP contribution in [-0.4, -0.2) is 29.4 Å². The zero-order valence-corrected chi connectivity index (χ0v) is 17.5. The first kappa shape index (κ1) is 22.3. The molecule has 1 saturated carbocycles. The van der Waals surface area contributed by atoms with E-state index in [2.05, 4.69) is 5.32 Å². The highest BCUT2D eigenvalue weighted by Gasteiger charge is 2.47. The minimum absolute atomic E-state index is 0.0888. The molecule has 2 aliphatic rings. The summed E-state index contributed by atoms with van der Waals surface area (Å²) in [4.78, 5) is 26.2. The molecule has 2 fully saturated rings. The SMILES string of the molecule is O=C([O-])c1ccc(C2(NC(=O)[C@H]3CCCCN3Cc3ccc(C(F)(F)F)cc3)CC2)cc1. The minimum Gasteiger partial charge on any atom is -0.545 e. The summed E-state index contributed by atoms with van der Waals surface area (Å²) in [6, 6.07) is 11.1. The fourth-order valence-electron chi connectivity index (χ4n) is 4.37. The van der Waals surface area contributed by atoms with Crippen molar-refractivity contribution in [3.8, 4) is 0 Å². The van der Waals surface area contributed by atoms with Crippen LogP contribution in [0, 0.1) is 0 Å². The molecule has 1 amide bonds. The first-order valence-corrected chi connectivity index (χ1v) is 10.7. The number of benzene rings is 2. The molecule has 2 aromatic carbocycles. The van der Waals surface area contributed by atoms with Gasteiger partial charge in [-0.25, -0.2) is 0 Å². The van der Waals surface area contributed by atoms with E-state index < -0.39 is 23.2 Å². The van der Waals surface area contributed by atoms with Crippen LogP contribution >= 0.6 is 0 Å². The Labute approximate surface area is 184 Å². The molecule has 1 aliphatic carbocycles. The van der Waals surface area contributed by atoms with Crippen LogP contribution in [0.4, 0.5) is 13.2 Å². The molecule has 0 aromatic heterocycles. The van der Waals surface area contributed by atoms with Crippen molar-refractivity contribution in [1.29, 1.82) is 0 Å². The van der Waals surface area contributed by atoms with Crippen molar-refractivity contribution in [2.75, 3.05) is 6.54 Å². The minimum atomic E-state index is -4.37. The summed E-state index contributed by atoms with van der Waals surface area (Å²) in [6.07, 6.45) is -0.296. The second-order valence-corrected chi connectivity index (χ2v) is 8.61. The maximum Gasteiger partial charge on any atom is 0.416 e. The van der Waals surface area contributed by atoms with Crippen molar-refractivity contribution in [2.24, 2.45) is 0 Å². The number of aromatic carboxylic acids is 1. The fourth-order valence-corrected chi connectivity index (χ4v) is 4.37. The Kier molecular flexibility index (Phi) is 5.99. The second-order valence-electron chi connectivity index (χ2n) is 8.61. The number of rotatable bonds is 6. The van der Waals surface area contributed by atoms with E-state index in [0.29, 0.717) is 19.5 Å². The first-order valence-electron chi connectivity index (χ1n) is 10.7. The van der Waals surface area contributed by atoms with Crippen molar-refractivity contribution < 1.29 is 27.9 Å². The number of halogens is 3. The molecule has 1 saturated heterocycles. The maximum absolute atomic E-state index is 13.2. The van der Waals surface area contributed by atoms with Gasteiger partial charge in [0.2, 0.25) is 5.91 Å². The number of nitrogens with one attached hydrogen (secondary N) is 1. The van der Waals surface area contributed by atoms with Crippen LogP contribution < -0.4 is 10.4 Å². The van der Waals surface area contributed by atoms with Crippen molar-refractivity contribution >= 4 is 11.9 Å². The van der Waals surface area contributed by atoms with E-state index >= 15 is 0 Å². The molecule has 1 atom stereocenters. The van der Waals surface area contributed by atoms with Crippen LogP contribution in [-0.2, 0) is 23.1 Å². The van der Waals surface area contributed by atoms with Crippen LogP contribution in [0.3, 0.4) is 0 Å². The summed E-state index contributed by atoms with van der Waals surface area (Å²) < 4.78 is 38.4. The Morgan fingerprint density at radius 2 is 1.69 bits per heavy atom. The standard InChI is InChI=1S/C24H25F3N2O3/c25-24(26,27)19-8-4-16(5-9-19)15-29-14-2-1-3-20(29)21(30)28-23(12-13-23)18-10-6-17(7-11-18)22(31)32/h4-11,20H,1-3,12-15H2,(H,28,30)(H,31,32)/p-1/t20-/m1/s1. The van der Waals surface area contributed by atoms with Gasteiger partial charge >= 0.3 is 6.18 Å². The summed E-state index contributed by atoms with van der Waals surface area (Å²) >= 11 is 0. The maximum atomic E-state index is 13.2. The number of likely N-dealkylation sites (tertiary alicyclic amines) is 1. The average Bonchev–Trinajstić information content (AvgIpc) is 3.54. The van der Waals surface area contributed by atoms with Crippen LogP contribution in [0.1, 0.15) is 59.2 Å². The number of carbonyl (C=O) groups excluding carboxylic acids is 2. The van der Waals surface area contributed by atoms with E-state index in [1.807, 2.05) is 4.90 Å². The Hall–Kier alpha value is -2.87. The highest BCUT2D eigenvalue weighted by Crippen LogP contribution is 2.45. The quantitative estimate of drug-likeness (QED) is 0.741. The van der Waals surface area contributed by atoms with E-state index in [9.17, 15) is 27.9 Å². The van der Waals surface area contributed by atoms with Gasteiger partial charge in [0.1, 0.15) is 0 Å². The number of hydrogen-bond acceptors (Lipinski definition) is 4. The Balaban J connectivity index is 1.44. The third kappa shape index (κ3) is 4.80. The van der Waals surface area contributed by atoms with Gasteiger partial charge < -0.3 is 15.2 Å². The Morgan fingerprint density at radius 3 is 2.25 bits per heavy atom. The monoisotopic (exact) mass is 445 g/mol. The van der Waals surface area contributed by atoms with Crippen molar-refractivity contribution in [3.63, 3.8) is 0 Å². The van der Waals surface area contributed by atoms with Crippen molar-refractivity contribution in [1.82, 2.24) is 10.2 Å². The van der Waals surface area contributed by atoms with Gasteiger partial charge in [-0.15, -0.1) is 0 Å². The number of amides is 1. The Morgan fingerprint density at radius 1 is 1.03 bits per heavy atom. The number of piperidine rings is 1. The fraction of sp³-hybridized carbons (Fsp3) is 0.417. The molecule has 32 heavy (non-hydrogen) atoms. The molecule has 4 rings (SSSR count). The molecule has 8 heteroatoms. The molecule has 0 radical (unpaired) electrons. The predicted octanol–water partition coefficient (Wildman–Crippen LogP) is 3.23. The van der Waals surface area contributed by atoms with E-state index in [-0.39, 0.29) is 17.5 Å². The highest BCUT2D eigenvalue weighted by atomic mass is 19.4. The number of carboxylic acid groups (broad SMARTS) is 1. The topological polar surface area (TPSA) is 72.5 Å². The molecule has 0 bridgehead atoms. The third-order valence-corrected chi connectivity index (χ3v) is 6.37. The van der Waals surface area contributed by atoms with Gasteiger partial charge in [0.25, 0.3) is 0 Å². The smallest absolute Gasteiger partial charge is 0.416 e. The highest BCUT2D eigenvalue weighted by molar-refractivity contribution is 5.86. The number of hydrogen-bond donors (Lipinski definition) is 1. The summed E-state index contributed by atoms with van der Waals surface area (Å²) in [6.45, 7) is 1.11. The van der Waals surface area contributed by atoms with Gasteiger partial charge in [0, 0.05) is 6.54 Å². The third-order valence-electron chi connectivity index (χ3n) is 6.37. The number of carbonyl (C=O) groups is 2. The van der Waals surface area contributed by atoms with Crippen LogP contribution in [0.2, 0.25) is 0 Å². The first-order chi connectivity index (χ1) is 15.2. The largest absolute Gasteiger partial charge is 0.545 e. The lowest BCUT2D eigenvalue weighted by Crippen LogP contribution is -2.51. The molecule has 0 unspecified atom stereocenters. The molecular formula is C24H24F3N2O3-. The van der Waals surface area contributed by atoms with Gasteiger partial charge in [0.05, 0.1) is 23.1 Å². The molecule has 170 valence electrons. The zero-order chi connectivity index (χ0) is 22.9. The van der Waals surface area contributed by atoms with Crippen LogP contribution in [0.25, 0.3) is 0 Å². The van der Waals surface area contributed by atoms with Gasteiger partial charge in [-0.1, -0.05) is 42.8 Å². The van der Waals surface area contributed by atoms with Gasteiger partial charge in [-0.2, -0.15) is 13.2 Å². The van der Waals surface area contributed by atoms with E-state index in [1.54, 1.807) is 12.1 Å². The van der Waals surface area contributed by atoms with Crippen LogP contribution in [0.15, 0.2) is 48.5 Å². The molecule has 1 aliphatic heterocycles. The lowest BCUT2D eigenvalue weighted by atomic mass is 9.98. The van der Waals surface area contributed by atoms with E-state index in [4.69, 9.17) is 0 Å². The lowest BCUT2D eigenvalue weighted by Gasteiger charge is -2.36. The van der Waals surface area contributed by atoms with Gasteiger partial charge in [0.15, 0.2) is 0 Å². The average molecular weight is 445 g/mol. The summed E-state index contributed by atoms with van der Waals surface area (Å²) in [5, 5.41) is 14.1. The van der Waals surface area contributed by atoms with Crippen molar-refractivity contribution in [3.05, 3.63) is 70.8 Å². The normalized spacial score (nSPS) is 20.5. The summed E-state index contributed by atoms with van der Waals surface area (Å²) in [5.41, 5.74) is 0.511. The van der Waals surface area contributed by atoms with Gasteiger partial charge in [-0.05, 0) is 61.1 Å². The van der Waals surface area contributed by atoms with E-state index in [0.717, 1.165) is 48.9 Å². The second kappa shape index (κ2) is 8.58. The lowest BCUT2D eigenvalue weighted by molar-refractivity contribution is -0.255. The number of nitrogens with zero attached hydrogens (tertiary/aromatic N) is 1. The molecule has 0 spiro atoms. The molecule has 1 N–H and O–H groups in total. The van der Waals surface area contributed by atoms with Gasteiger partial charge in [-0.3, -0.25) is 9.69 Å². The molecule has 1 heterocycles. The number of alkyl halides is 3. The van der Waals surface area contributed by atoms with Crippen molar-refractivity contribution in [2.45, 2.75) is 56.4 Å². The molecular weight excluding hydrogens is 421 g/mol. The summed E-state index contributed by atoms with van der Waals surface area (Å²) in [7, 11) is 0. The summed E-state index contributed by atoms with van der Waals surface area (Å²) in [5.74, 6) is -1.34. The molecule has 5 nitrogen and oxygen atoms in total. The number of carboxylic acids is 1. The molecule has 2 aromatic rings. The Bertz CT molecular complexity index is 983. The van der Waals surface area contributed by atoms with E-state index in [1.165, 1.54) is 24.3 Å². The zero-order valence-electron chi connectivity index (χ0n) is 17.5. The van der Waals surface area contributed by atoms with Crippen LogP contribution in [0.5, 0.6) is 0 Å².